The summed E-state index contributed by atoms with van der Waals surface area (Å²) in [6, 6.07) is 23.0. The van der Waals surface area contributed by atoms with E-state index in [0.717, 1.165) is 67.0 Å². The standard InChI is InChI=1S/C31H30N2O2/c1-17-13-21(14-18(2)28(17)32)31(22-15-19(3)29(33)20(4)16-22)25-11-7-6-9-23(25)27-24(30(34)35-5)10-8-12-26(27)31/h6-16H,32-33H2,1-5H3. The van der Waals surface area contributed by atoms with Crippen molar-refractivity contribution in [3.63, 3.8) is 0 Å². The Balaban J connectivity index is 2.02. The van der Waals surface area contributed by atoms with Crippen LogP contribution in [0.3, 0.4) is 0 Å². The van der Waals surface area contributed by atoms with Gasteiger partial charge in [0.25, 0.3) is 0 Å². The molecule has 4 N–H and O–H groups in total. The zero-order valence-corrected chi connectivity index (χ0v) is 20.8. The second-order valence-electron chi connectivity index (χ2n) is 9.56. The zero-order valence-electron chi connectivity index (χ0n) is 20.8. The minimum Gasteiger partial charge on any atom is -0.465 e. The molecule has 4 aromatic rings. The normalized spacial score (nSPS) is 13.3. The molecule has 4 nitrogen and oxygen atoms in total. The summed E-state index contributed by atoms with van der Waals surface area (Å²) in [6.07, 6.45) is 0. The first-order valence-electron chi connectivity index (χ1n) is 11.8. The van der Waals surface area contributed by atoms with Gasteiger partial charge in [0.1, 0.15) is 0 Å². The van der Waals surface area contributed by atoms with E-state index in [1.54, 1.807) is 0 Å². The average Bonchev–Trinajstić information content (AvgIpc) is 3.16. The van der Waals surface area contributed by atoms with Crippen molar-refractivity contribution < 1.29 is 9.53 Å². The van der Waals surface area contributed by atoms with Gasteiger partial charge < -0.3 is 16.2 Å². The van der Waals surface area contributed by atoms with Crippen LogP contribution in [0.2, 0.25) is 0 Å². The summed E-state index contributed by atoms with van der Waals surface area (Å²) in [7, 11) is 1.43. The highest BCUT2D eigenvalue weighted by molar-refractivity contribution is 6.02. The number of carbonyl (C=O) groups excluding carboxylic acids is 1. The summed E-state index contributed by atoms with van der Waals surface area (Å²) in [4.78, 5) is 12.9. The number of carbonyl (C=O) groups is 1. The minimum atomic E-state index is -0.650. The van der Waals surface area contributed by atoms with Crippen LogP contribution in [0.15, 0.2) is 66.7 Å². The number of fused-ring (bicyclic) bond motifs is 3. The third kappa shape index (κ3) is 3.09. The van der Waals surface area contributed by atoms with Crippen LogP contribution in [-0.2, 0) is 10.2 Å². The Bertz CT molecular complexity index is 1410. The molecule has 0 radical (unpaired) electrons. The van der Waals surface area contributed by atoms with E-state index in [9.17, 15) is 4.79 Å². The van der Waals surface area contributed by atoms with Gasteiger partial charge in [-0.25, -0.2) is 4.79 Å². The van der Waals surface area contributed by atoms with Gasteiger partial charge in [-0.3, -0.25) is 0 Å². The maximum Gasteiger partial charge on any atom is 0.338 e. The molecule has 0 aliphatic heterocycles. The molecule has 0 unspecified atom stereocenters. The van der Waals surface area contributed by atoms with Gasteiger partial charge in [-0.15, -0.1) is 0 Å². The van der Waals surface area contributed by atoms with Crippen molar-refractivity contribution in [1.82, 2.24) is 0 Å². The molecule has 0 amide bonds. The molecular formula is C31H30N2O2. The van der Waals surface area contributed by atoms with Gasteiger partial charge in [0.15, 0.2) is 0 Å². The van der Waals surface area contributed by atoms with Gasteiger partial charge in [0.2, 0.25) is 0 Å². The van der Waals surface area contributed by atoms with Crippen LogP contribution in [0.5, 0.6) is 0 Å². The molecule has 35 heavy (non-hydrogen) atoms. The van der Waals surface area contributed by atoms with E-state index in [1.807, 2.05) is 45.9 Å². The molecule has 0 atom stereocenters. The molecule has 0 bridgehead atoms. The maximum absolute atomic E-state index is 12.9. The highest BCUT2D eigenvalue weighted by Crippen LogP contribution is 2.57. The van der Waals surface area contributed by atoms with E-state index in [1.165, 1.54) is 7.11 Å². The Morgan fingerprint density at radius 2 is 1.20 bits per heavy atom. The first kappa shape index (κ1) is 22.7. The molecule has 4 heteroatoms. The molecule has 0 fully saturated rings. The molecule has 4 aromatic carbocycles. The summed E-state index contributed by atoms with van der Waals surface area (Å²) >= 11 is 0. The monoisotopic (exact) mass is 462 g/mol. The number of nitrogens with two attached hydrogens (primary N) is 2. The number of esters is 1. The van der Waals surface area contributed by atoms with Crippen molar-refractivity contribution in [3.05, 3.63) is 117 Å². The van der Waals surface area contributed by atoms with E-state index in [0.29, 0.717) is 5.56 Å². The van der Waals surface area contributed by atoms with Crippen LogP contribution in [0, 0.1) is 27.7 Å². The summed E-state index contributed by atoms with van der Waals surface area (Å²) in [5, 5.41) is 0. The van der Waals surface area contributed by atoms with Crippen LogP contribution in [0.1, 0.15) is 54.9 Å². The van der Waals surface area contributed by atoms with Crippen LogP contribution in [0.4, 0.5) is 11.4 Å². The number of anilines is 2. The number of methoxy groups -OCH3 is 1. The molecule has 0 spiro atoms. The number of nitrogen functional groups attached to an aromatic ring is 2. The quantitative estimate of drug-likeness (QED) is 0.246. The Morgan fingerprint density at radius 3 is 1.71 bits per heavy atom. The van der Waals surface area contributed by atoms with Gasteiger partial charge in [-0.2, -0.15) is 0 Å². The lowest BCUT2D eigenvalue weighted by molar-refractivity contribution is 0.0601. The number of benzene rings is 4. The molecule has 0 saturated carbocycles. The van der Waals surface area contributed by atoms with Crippen molar-refractivity contribution in [2.45, 2.75) is 33.1 Å². The molecule has 176 valence electrons. The molecule has 5 rings (SSSR count). The Labute approximate surface area is 206 Å². The fourth-order valence-corrected chi connectivity index (χ4v) is 5.78. The summed E-state index contributed by atoms with van der Waals surface area (Å²) in [5.41, 5.74) is 24.7. The topological polar surface area (TPSA) is 78.3 Å². The lowest BCUT2D eigenvalue weighted by Crippen LogP contribution is -2.29. The van der Waals surface area contributed by atoms with Gasteiger partial charge in [-0.1, -0.05) is 60.7 Å². The predicted molar refractivity (Wildman–Crippen MR) is 143 cm³/mol. The summed E-state index contributed by atoms with van der Waals surface area (Å²) in [5.74, 6) is -0.346. The average molecular weight is 463 g/mol. The lowest BCUT2D eigenvalue weighted by Gasteiger charge is -2.35. The summed E-state index contributed by atoms with van der Waals surface area (Å²) in [6.45, 7) is 8.19. The van der Waals surface area contributed by atoms with Crippen LogP contribution in [-0.4, -0.2) is 13.1 Å². The van der Waals surface area contributed by atoms with E-state index in [-0.39, 0.29) is 5.97 Å². The first-order chi connectivity index (χ1) is 16.7. The second-order valence-corrected chi connectivity index (χ2v) is 9.56. The number of aryl methyl sites for hydroxylation is 4. The van der Waals surface area contributed by atoms with Gasteiger partial charge >= 0.3 is 5.97 Å². The first-order valence-corrected chi connectivity index (χ1v) is 11.8. The van der Waals surface area contributed by atoms with E-state index < -0.39 is 5.41 Å². The largest absolute Gasteiger partial charge is 0.465 e. The van der Waals surface area contributed by atoms with E-state index >= 15 is 0 Å². The fourth-order valence-electron chi connectivity index (χ4n) is 5.78. The third-order valence-corrected chi connectivity index (χ3v) is 7.53. The fraction of sp³-hybridized carbons (Fsp3) is 0.194. The smallest absolute Gasteiger partial charge is 0.338 e. The Kier molecular flexibility index (Phi) is 5.21. The van der Waals surface area contributed by atoms with Gasteiger partial charge in [0.05, 0.1) is 18.1 Å². The summed E-state index contributed by atoms with van der Waals surface area (Å²) < 4.78 is 5.19. The molecule has 0 heterocycles. The zero-order chi connectivity index (χ0) is 25.1. The lowest BCUT2D eigenvalue weighted by atomic mass is 9.66. The van der Waals surface area contributed by atoms with Gasteiger partial charge in [-0.05, 0) is 83.8 Å². The van der Waals surface area contributed by atoms with Crippen LogP contribution in [0.25, 0.3) is 11.1 Å². The number of hydrogen-bond acceptors (Lipinski definition) is 4. The molecular weight excluding hydrogens is 432 g/mol. The molecule has 1 aliphatic carbocycles. The van der Waals surface area contributed by atoms with Crippen LogP contribution < -0.4 is 11.5 Å². The van der Waals surface area contributed by atoms with Gasteiger partial charge in [0, 0.05) is 16.9 Å². The molecule has 0 aromatic heterocycles. The number of hydrogen-bond donors (Lipinski definition) is 2. The van der Waals surface area contributed by atoms with Crippen molar-refractivity contribution >= 4 is 17.3 Å². The molecule has 1 aliphatic rings. The number of ether oxygens (including phenoxy) is 1. The van der Waals surface area contributed by atoms with Crippen molar-refractivity contribution in [1.29, 1.82) is 0 Å². The third-order valence-electron chi connectivity index (χ3n) is 7.53. The predicted octanol–water partition coefficient (Wildman–Crippen LogP) is 6.23. The Morgan fingerprint density at radius 1 is 0.714 bits per heavy atom. The van der Waals surface area contributed by atoms with Crippen molar-refractivity contribution in [2.24, 2.45) is 0 Å². The minimum absolute atomic E-state index is 0.346. The van der Waals surface area contributed by atoms with E-state index in [4.69, 9.17) is 16.2 Å². The second kappa shape index (κ2) is 8.02. The Hall–Kier alpha value is -4.05. The maximum atomic E-state index is 12.9. The molecule has 0 saturated heterocycles. The van der Waals surface area contributed by atoms with E-state index in [2.05, 4.69) is 48.5 Å². The number of rotatable bonds is 3. The van der Waals surface area contributed by atoms with Crippen LogP contribution >= 0.6 is 0 Å². The SMILES string of the molecule is COC(=O)c1cccc2c1-c1ccccc1C2(c1cc(C)c(N)c(C)c1)c1cc(C)c(N)c(C)c1. The van der Waals surface area contributed by atoms with Crippen molar-refractivity contribution in [2.75, 3.05) is 18.6 Å². The highest BCUT2D eigenvalue weighted by Gasteiger charge is 2.48. The van der Waals surface area contributed by atoms with Crippen molar-refractivity contribution in [3.8, 4) is 11.1 Å². The highest BCUT2D eigenvalue weighted by atomic mass is 16.5.